The number of carbonyl (C=O) groups is 3. The predicted molar refractivity (Wildman–Crippen MR) is 106 cm³/mol. The molecule has 9 heteroatoms. The van der Waals surface area contributed by atoms with Crippen molar-refractivity contribution in [1.82, 2.24) is 0 Å². The monoisotopic (exact) mass is 426 g/mol. The lowest BCUT2D eigenvalue weighted by atomic mass is 10.0. The van der Waals surface area contributed by atoms with Crippen molar-refractivity contribution < 1.29 is 42.8 Å². The molecule has 0 heterocycles. The van der Waals surface area contributed by atoms with Crippen molar-refractivity contribution in [2.45, 2.75) is 60.4 Å². The van der Waals surface area contributed by atoms with E-state index in [9.17, 15) is 14.4 Å². The molecule has 0 bridgehead atoms. The molecule has 3 unspecified atom stereocenters. The van der Waals surface area contributed by atoms with Gasteiger partial charge in [-0.15, -0.1) is 0 Å². The average Bonchev–Trinajstić information content (AvgIpc) is 2.67. The van der Waals surface area contributed by atoms with Gasteiger partial charge in [-0.3, -0.25) is 0 Å². The van der Waals surface area contributed by atoms with Crippen LogP contribution < -0.4 is 0 Å². The van der Waals surface area contributed by atoms with Gasteiger partial charge in [0.1, 0.15) is 0 Å². The van der Waals surface area contributed by atoms with Crippen molar-refractivity contribution in [3.8, 4) is 0 Å². The van der Waals surface area contributed by atoms with Gasteiger partial charge >= 0.3 is 17.9 Å². The summed E-state index contributed by atoms with van der Waals surface area (Å²) in [5, 5.41) is 0. The number of carbonyl (C=O) groups excluding carboxylic acids is 3. The van der Waals surface area contributed by atoms with Gasteiger partial charge in [-0.2, -0.15) is 0 Å². The zero-order valence-corrected chi connectivity index (χ0v) is 18.3. The van der Waals surface area contributed by atoms with Crippen LogP contribution in [-0.4, -0.2) is 56.6 Å². The molecule has 0 spiro atoms. The van der Waals surface area contributed by atoms with Gasteiger partial charge in [-0.25, -0.2) is 14.4 Å². The van der Waals surface area contributed by atoms with E-state index in [0.717, 1.165) is 0 Å². The highest BCUT2D eigenvalue weighted by atomic mass is 16.7. The van der Waals surface area contributed by atoms with Crippen LogP contribution in [0, 0.1) is 0 Å². The smallest absolute Gasteiger partial charge is 0.341 e. The lowest BCUT2D eigenvalue weighted by Crippen LogP contribution is -2.24. The van der Waals surface area contributed by atoms with E-state index in [1.807, 2.05) is 0 Å². The number of rotatable bonds is 12. The van der Waals surface area contributed by atoms with E-state index in [1.165, 1.54) is 18.2 Å². The van der Waals surface area contributed by atoms with Gasteiger partial charge in [0.05, 0.1) is 16.7 Å². The SMILES string of the molecule is CCOC(C)OC(=O)c1ccc(C(=O)OC(C)OCC)c(C(=O)OC(C)OCC)c1. The Kier molecular flexibility index (Phi) is 11.0. The summed E-state index contributed by atoms with van der Waals surface area (Å²) in [7, 11) is 0. The number of ether oxygens (including phenoxy) is 6. The van der Waals surface area contributed by atoms with Gasteiger partial charge in [0.25, 0.3) is 0 Å². The van der Waals surface area contributed by atoms with Gasteiger partial charge in [-0.1, -0.05) is 0 Å². The van der Waals surface area contributed by atoms with Crippen molar-refractivity contribution in [3.63, 3.8) is 0 Å². The Morgan fingerprint density at radius 2 is 1.07 bits per heavy atom. The predicted octanol–water partition coefficient (Wildman–Crippen LogP) is 3.30. The molecule has 0 aliphatic heterocycles. The quantitative estimate of drug-likeness (QED) is 0.283. The molecule has 0 saturated heterocycles. The van der Waals surface area contributed by atoms with E-state index >= 15 is 0 Å². The summed E-state index contributed by atoms with van der Waals surface area (Å²) in [6.07, 6.45) is -2.43. The first-order chi connectivity index (χ1) is 14.2. The lowest BCUT2D eigenvalue weighted by Gasteiger charge is -2.17. The van der Waals surface area contributed by atoms with Crippen molar-refractivity contribution in [2.24, 2.45) is 0 Å². The largest absolute Gasteiger partial charge is 0.432 e. The number of hydrogen-bond acceptors (Lipinski definition) is 9. The van der Waals surface area contributed by atoms with Crippen LogP contribution in [0.15, 0.2) is 18.2 Å². The molecule has 0 aliphatic carbocycles. The van der Waals surface area contributed by atoms with E-state index < -0.39 is 36.8 Å². The Labute approximate surface area is 176 Å². The van der Waals surface area contributed by atoms with Crippen molar-refractivity contribution in [1.29, 1.82) is 0 Å². The van der Waals surface area contributed by atoms with Gasteiger partial charge in [0, 0.05) is 19.8 Å². The van der Waals surface area contributed by atoms with Gasteiger partial charge in [0.2, 0.25) is 0 Å². The maximum Gasteiger partial charge on any atom is 0.341 e. The van der Waals surface area contributed by atoms with Crippen LogP contribution in [0.2, 0.25) is 0 Å². The van der Waals surface area contributed by atoms with Crippen LogP contribution in [-0.2, 0) is 28.4 Å². The Morgan fingerprint density at radius 3 is 1.50 bits per heavy atom. The summed E-state index contributed by atoms with van der Waals surface area (Å²) in [5.41, 5.74) is -0.189. The van der Waals surface area contributed by atoms with E-state index in [4.69, 9.17) is 28.4 Å². The van der Waals surface area contributed by atoms with E-state index in [-0.39, 0.29) is 16.7 Å². The average molecular weight is 426 g/mol. The molecule has 0 radical (unpaired) electrons. The van der Waals surface area contributed by atoms with Crippen molar-refractivity contribution in [2.75, 3.05) is 19.8 Å². The molecule has 0 aliphatic rings. The molecule has 1 aromatic rings. The maximum atomic E-state index is 12.6. The topological polar surface area (TPSA) is 107 Å². The highest BCUT2D eigenvalue weighted by molar-refractivity contribution is 6.05. The second kappa shape index (κ2) is 12.9. The first-order valence-corrected chi connectivity index (χ1v) is 9.85. The van der Waals surface area contributed by atoms with Crippen molar-refractivity contribution >= 4 is 17.9 Å². The summed E-state index contributed by atoms with van der Waals surface area (Å²) in [6.45, 7) is 11.0. The molecule has 9 nitrogen and oxygen atoms in total. The molecule has 0 saturated carbocycles. The summed E-state index contributed by atoms with van der Waals surface area (Å²) < 4.78 is 31.1. The molecule has 0 amide bonds. The molecule has 0 fully saturated rings. The Hall–Kier alpha value is -2.49. The minimum atomic E-state index is -0.848. The molecule has 0 aromatic heterocycles. The fraction of sp³-hybridized carbons (Fsp3) is 0.571. The number of esters is 3. The molecule has 3 atom stereocenters. The zero-order chi connectivity index (χ0) is 22.7. The highest BCUT2D eigenvalue weighted by Crippen LogP contribution is 2.18. The third-order valence-electron chi connectivity index (χ3n) is 3.72. The first kappa shape index (κ1) is 25.5. The third-order valence-corrected chi connectivity index (χ3v) is 3.72. The van der Waals surface area contributed by atoms with Crippen LogP contribution in [0.5, 0.6) is 0 Å². The Bertz CT molecular complexity index is 716. The standard InChI is InChI=1S/C21H30O9/c1-7-25-13(4)28-19(22)16-10-11-17(20(23)29-14(5)26-8-2)18(12-16)21(24)30-15(6)27-9-3/h10-15H,7-9H2,1-6H3. The minimum Gasteiger partial charge on any atom is -0.432 e. The molecule has 30 heavy (non-hydrogen) atoms. The molecule has 168 valence electrons. The van der Waals surface area contributed by atoms with E-state index in [1.54, 1.807) is 41.5 Å². The molecular weight excluding hydrogens is 396 g/mol. The first-order valence-electron chi connectivity index (χ1n) is 9.85. The number of benzene rings is 1. The fourth-order valence-electron chi connectivity index (χ4n) is 2.47. The normalized spacial score (nSPS) is 13.8. The highest BCUT2D eigenvalue weighted by Gasteiger charge is 2.25. The fourth-order valence-corrected chi connectivity index (χ4v) is 2.47. The Balaban J connectivity index is 3.18. The third kappa shape index (κ3) is 8.10. The van der Waals surface area contributed by atoms with Crippen LogP contribution >= 0.6 is 0 Å². The Morgan fingerprint density at radius 1 is 0.667 bits per heavy atom. The molecule has 1 aromatic carbocycles. The van der Waals surface area contributed by atoms with Gasteiger partial charge in [-0.05, 0) is 59.7 Å². The molecular formula is C21H30O9. The second-order valence-corrected chi connectivity index (χ2v) is 6.05. The molecule has 0 N–H and O–H groups in total. The maximum absolute atomic E-state index is 12.6. The summed E-state index contributed by atoms with van der Waals surface area (Å²) in [6, 6.07) is 3.86. The minimum absolute atomic E-state index is 0.0481. The van der Waals surface area contributed by atoms with Crippen LogP contribution in [0.1, 0.15) is 72.6 Å². The zero-order valence-electron chi connectivity index (χ0n) is 18.3. The van der Waals surface area contributed by atoms with Gasteiger partial charge < -0.3 is 28.4 Å². The van der Waals surface area contributed by atoms with Crippen LogP contribution in [0.25, 0.3) is 0 Å². The summed E-state index contributed by atoms with van der Waals surface area (Å²) in [5.74, 6) is -2.36. The van der Waals surface area contributed by atoms with Crippen LogP contribution in [0.3, 0.4) is 0 Å². The van der Waals surface area contributed by atoms with Gasteiger partial charge in [0.15, 0.2) is 18.9 Å². The summed E-state index contributed by atoms with van der Waals surface area (Å²) in [4.78, 5) is 37.5. The van der Waals surface area contributed by atoms with E-state index in [2.05, 4.69) is 0 Å². The second-order valence-electron chi connectivity index (χ2n) is 6.05. The molecule has 1 rings (SSSR count). The number of hydrogen-bond donors (Lipinski definition) is 0. The van der Waals surface area contributed by atoms with E-state index in [0.29, 0.717) is 19.8 Å². The lowest BCUT2D eigenvalue weighted by molar-refractivity contribution is -0.0968. The summed E-state index contributed by atoms with van der Waals surface area (Å²) >= 11 is 0. The van der Waals surface area contributed by atoms with Crippen molar-refractivity contribution in [3.05, 3.63) is 34.9 Å². The van der Waals surface area contributed by atoms with Crippen LogP contribution in [0.4, 0.5) is 0 Å².